The molecule has 3 aromatic carbocycles. The summed E-state index contributed by atoms with van der Waals surface area (Å²) in [5.41, 5.74) is 2.49. The van der Waals surface area contributed by atoms with Gasteiger partial charge in [0.15, 0.2) is 6.10 Å². The van der Waals surface area contributed by atoms with Gasteiger partial charge in [-0.2, -0.15) is 0 Å². The molecule has 0 aromatic heterocycles. The molecule has 0 radical (unpaired) electrons. The van der Waals surface area contributed by atoms with Crippen LogP contribution in [0.5, 0.6) is 5.75 Å². The van der Waals surface area contributed by atoms with Crippen molar-refractivity contribution in [2.75, 3.05) is 12.2 Å². The number of ether oxygens (including phenoxy) is 1. The predicted molar refractivity (Wildman–Crippen MR) is 115 cm³/mol. The van der Waals surface area contributed by atoms with Crippen LogP contribution in [0.25, 0.3) is 0 Å². The van der Waals surface area contributed by atoms with Gasteiger partial charge in [-0.3, -0.25) is 19.3 Å². The smallest absolute Gasteiger partial charge is 0.262 e. The van der Waals surface area contributed by atoms with Crippen LogP contribution < -0.4 is 9.80 Å². The van der Waals surface area contributed by atoms with Gasteiger partial charge < -0.3 is 4.74 Å². The third-order valence-corrected chi connectivity index (χ3v) is 5.86. The molecule has 2 saturated heterocycles. The van der Waals surface area contributed by atoms with Crippen LogP contribution in [0.4, 0.5) is 5.69 Å². The zero-order valence-corrected chi connectivity index (χ0v) is 17.0. The quantitative estimate of drug-likeness (QED) is 0.596. The summed E-state index contributed by atoms with van der Waals surface area (Å²) < 4.78 is 5.58. The van der Waals surface area contributed by atoms with Crippen LogP contribution in [0.3, 0.4) is 0 Å². The molecular formula is C25H22N2O4. The van der Waals surface area contributed by atoms with Crippen LogP contribution in [0, 0.1) is 5.92 Å². The molecule has 5 rings (SSSR count). The SMILES string of the molecule is COc1ccccc1[C@H]1[C@H]2C(=O)N(Cc3ccccc3)C(=O)[C@H]2ON1c1ccccc1. The Morgan fingerprint density at radius 2 is 1.48 bits per heavy atom. The van der Waals surface area contributed by atoms with Gasteiger partial charge in [0.05, 0.1) is 25.4 Å². The number of nitrogens with zero attached hydrogens (tertiary/aromatic N) is 2. The van der Waals surface area contributed by atoms with Crippen LogP contribution in [0.15, 0.2) is 84.9 Å². The highest BCUT2D eigenvalue weighted by Crippen LogP contribution is 2.48. The highest BCUT2D eigenvalue weighted by molar-refractivity contribution is 6.07. The van der Waals surface area contributed by atoms with Crippen molar-refractivity contribution >= 4 is 17.5 Å². The Morgan fingerprint density at radius 3 is 2.19 bits per heavy atom. The van der Waals surface area contributed by atoms with E-state index in [1.807, 2.05) is 84.9 Å². The van der Waals surface area contributed by atoms with E-state index in [4.69, 9.17) is 9.57 Å². The minimum atomic E-state index is -0.869. The maximum absolute atomic E-state index is 13.5. The molecule has 0 unspecified atom stereocenters. The number of carbonyl (C=O) groups excluding carboxylic acids is 2. The summed E-state index contributed by atoms with van der Waals surface area (Å²) in [6, 6.07) is 26.1. The number of likely N-dealkylation sites (tertiary alicyclic amines) is 1. The molecule has 0 bridgehead atoms. The Bertz CT molecular complexity index is 1100. The summed E-state index contributed by atoms with van der Waals surface area (Å²) in [6.45, 7) is 0.235. The standard InChI is InChI=1S/C25H22N2O4/c1-30-20-15-9-8-14-19(20)22-21-23(31-27(22)18-12-6-3-7-13-18)25(29)26(24(21)28)16-17-10-4-2-5-11-17/h2-15,21-23H,16H2,1H3/t21-,22+,23+/m1/s1. The maximum atomic E-state index is 13.5. The number of rotatable bonds is 5. The molecular weight excluding hydrogens is 392 g/mol. The van der Waals surface area contributed by atoms with Gasteiger partial charge in [0.1, 0.15) is 11.7 Å². The van der Waals surface area contributed by atoms with E-state index in [0.29, 0.717) is 5.75 Å². The summed E-state index contributed by atoms with van der Waals surface area (Å²) in [6.07, 6.45) is -0.869. The van der Waals surface area contributed by atoms with Gasteiger partial charge in [0.2, 0.25) is 5.91 Å². The van der Waals surface area contributed by atoms with Crippen molar-refractivity contribution in [1.29, 1.82) is 0 Å². The van der Waals surface area contributed by atoms with E-state index in [-0.39, 0.29) is 18.4 Å². The van der Waals surface area contributed by atoms with Gasteiger partial charge in [-0.1, -0.05) is 66.7 Å². The van der Waals surface area contributed by atoms with E-state index in [2.05, 4.69) is 0 Å². The number of amides is 2. The minimum absolute atomic E-state index is 0.229. The molecule has 2 heterocycles. The second-order valence-corrected chi connectivity index (χ2v) is 7.65. The maximum Gasteiger partial charge on any atom is 0.262 e. The van der Waals surface area contributed by atoms with Crippen molar-refractivity contribution in [3.05, 3.63) is 96.1 Å². The van der Waals surface area contributed by atoms with Gasteiger partial charge >= 0.3 is 0 Å². The summed E-state index contributed by atoms with van der Waals surface area (Å²) in [4.78, 5) is 34.2. The molecule has 3 aromatic rings. The third kappa shape index (κ3) is 3.25. The fraction of sp³-hybridized carbons (Fsp3) is 0.200. The number of carbonyl (C=O) groups is 2. The molecule has 31 heavy (non-hydrogen) atoms. The normalized spacial score (nSPS) is 22.7. The molecule has 0 aliphatic carbocycles. The topological polar surface area (TPSA) is 59.1 Å². The first-order valence-corrected chi connectivity index (χ1v) is 10.2. The highest BCUT2D eigenvalue weighted by atomic mass is 16.7. The lowest BCUT2D eigenvalue weighted by Crippen LogP contribution is -2.37. The van der Waals surface area contributed by atoms with Crippen molar-refractivity contribution in [1.82, 2.24) is 4.90 Å². The van der Waals surface area contributed by atoms with Crippen molar-refractivity contribution in [2.45, 2.75) is 18.7 Å². The molecule has 3 atom stereocenters. The Labute approximate surface area is 180 Å². The minimum Gasteiger partial charge on any atom is -0.496 e. The van der Waals surface area contributed by atoms with E-state index in [0.717, 1.165) is 16.8 Å². The molecule has 0 spiro atoms. The van der Waals surface area contributed by atoms with E-state index < -0.39 is 18.1 Å². The zero-order valence-electron chi connectivity index (χ0n) is 17.0. The average Bonchev–Trinajstić information content (AvgIpc) is 3.32. The third-order valence-electron chi connectivity index (χ3n) is 5.86. The van der Waals surface area contributed by atoms with Crippen molar-refractivity contribution < 1.29 is 19.2 Å². The lowest BCUT2D eigenvalue weighted by Gasteiger charge is -2.29. The Kier molecular flexibility index (Phi) is 4.92. The molecule has 2 aliphatic heterocycles. The predicted octanol–water partition coefficient (Wildman–Crippen LogP) is 3.74. The van der Waals surface area contributed by atoms with E-state index in [1.165, 1.54) is 4.90 Å². The number of fused-ring (bicyclic) bond motifs is 1. The lowest BCUT2D eigenvalue weighted by molar-refractivity contribution is -0.143. The fourth-order valence-corrected chi connectivity index (χ4v) is 4.42. The number of imide groups is 1. The summed E-state index contributed by atoms with van der Waals surface area (Å²) in [5.74, 6) is -0.544. The number of hydrogen-bond acceptors (Lipinski definition) is 5. The molecule has 156 valence electrons. The molecule has 0 N–H and O–H groups in total. The molecule has 2 fully saturated rings. The van der Waals surface area contributed by atoms with Crippen LogP contribution >= 0.6 is 0 Å². The highest BCUT2D eigenvalue weighted by Gasteiger charge is 2.60. The number of anilines is 1. The fourth-order valence-electron chi connectivity index (χ4n) is 4.42. The molecule has 2 amide bonds. The molecule has 6 nitrogen and oxygen atoms in total. The second-order valence-electron chi connectivity index (χ2n) is 7.65. The van der Waals surface area contributed by atoms with E-state index in [9.17, 15) is 9.59 Å². The van der Waals surface area contributed by atoms with Crippen molar-refractivity contribution in [3.63, 3.8) is 0 Å². The molecule has 0 saturated carbocycles. The van der Waals surface area contributed by atoms with Gasteiger partial charge in [0.25, 0.3) is 5.91 Å². The monoisotopic (exact) mass is 414 g/mol. The summed E-state index contributed by atoms with van der Waals surface area (Å²) in [7, 11) is 1.60. The van der Waals surface area contributed by atoms with Crippen molar-refractivity contribution in [3.8, 4) is 5.75 Å². The number of hydrogen-bond donors (Lipinski definition) is 0. The van der Waals surface area contributed by atoms with Gasteiger partial charge in [0, 0.05) is 5.56 Å². The molecule has 6 heteroatoms. The van der Waals surface area contributed by atoms with Crippen LogP contribution in [-0.4, -0.2) is 29.9 Å². The number of benzene rings is 3. The van der Waals surface area contributed by atoms with Gasteiger partial charge in [-0.25, -0.2) is 5.06 Å². The average molecular weight is 414 g/mol. The number of hydroxylamine groups is 1. The molecule has 2 aliphatic rings. The largest absolute Gasteiger partial charge is 0.496 e. The second kappa shape index (κ2) is 7.89. The first kappa shape index (κ1) is 19.3. The van der Waals surface area contributed by atoms with E-state index in [1.54, 1.807) is 12.2 Å². The summed E-state index contributed by atoms with van der Waals surface area (Å²) >= 11 is 0. The lowest BCUT2D eigenvalue weighted by atomic mass is 9.90. The Hall–Kier alpha value is -3.64. The van der Waals surface area contributed by atoms with Gasteiger partial charge in [-0.15, -0.1) is 0 Å². The number of methoxy groups -OCH3 is 1. The zero-order chi connectivity index (χ0) is 21.4. The Morgan fingerprint density at radius 1 is 0.839 bits per heavy atom. The summed E-state index contributed by atoms with van der Waals surface area (Å²) in [5, 5.41) is 1.68. The first-order chi connectivity index (χ1) is 15.2. The van der Waals surface area contributed by atoms with Crippen LogP contribution in [-0.2, 0) is 21.0 Å². The number of para-hydroxylation sites is 2. The van der Waals surface area contributed by atoms with Gasteiger partial charge in [-0.05, 0) is 23.8 Å². The Balaban J connectivity index is 1.56. The van der Waals surface area contributed by atoms with Crippen LogP contribution in [0.1, 0.15) is 17.2 Å². The van der Waals surface area contributed by atoms with E-state index >= 15 is 0 Å². The van der Waals surface area contributed by atoms with Crippen LogP contribution in [0.2, 0.25) is 0 Å². The van der Waals surface area contributed by atoms with Crippen molar-refractivity contribution in [2.24, 2.45) is 5.92 Å². The first-order valence-electron chi connectivity index (χ1n) is 10.2.